The molecule has 0 aromatic heterocycles. The van der Waals surface area contributed by atoms with Crippen molar-refractivity contribution < 1.29 is 18.0 Å². The van der Waals surface area contributed by atoms with Crippen LogP contribution in [-0.2, 0) is 6.42 Å². The summed E-state index contributed by atoms with van der Waals surface area (Å²) >= 11 is 0. The first-order valence-electron chi connectivity index (χ1n) is 6.56. The van der Waals surface area contributed by atoms with Crippen molar-refractivity contribution in [2.45, 2.75) is 6.42 Å². The summed E-state index contributed by atoms with van der Waals surface area (Å²) in [6.07, 6.45) is 0.717. The number of carbonyl (C=O) groups excluding carboxylic acids is 1. The molecule has 0 N–H and O–H groups in total. The minimum absolute atomic E-state index is 0.0565. The monoisotopic (exact) mass is 291 g/mol. The highest BCUT2D eigenvalue weighted by molar-refractivity contribution is 5.99. The average Bonchev–Trinajstić information content (AvgIpc) is 2.81. The smallest absolute Gasteiger partial charge is 0.185 e. The summed E-state index contributed by atoms with van der Waals surface area (Å²) in [6.45, 7) is 0.520. The number of halogens is 3. The molecule has 1 aliphatic rings. The fourth-order valence-electron chi connectivity index (χ4n) is 2.56. The normalized spacial score (nSPS) is 13.4. The zero-order valence-electron chi connectivity index (χ0n) is 11.1. The highest BCUT2D eigenvalue weighted by Crippen LogP contribution is 2.28. The summed E-state index contributed by atoms with van der Waals surface area (Å²) in [4.78, 5) is 13.8. The molecule has 2 nitrogen and oxygen atoms in total. The molecule has 5 heteroatoms. The minimum atomic E-state index is -0.876. The van der Waals surface area contributed by atoms with E-state index >= 15 is 0 Å². The Labute approximate surface area is 119 Å². The van der Waals surface area contributed by atoms with E-state index in [4.69, 9.17) is 0 Å². The molecule has 3 rings (SSSR count). The van der Waals surface area contributed by atoms with E-state index in [2.05, 4.69) is 0 Å². The number of benzene rings is 2. The fraction of sp³-hybridized carbons (Fsp3) is 0.188. The second kappa shape index (κ2) is 5.24. The Balaban J connectivity index is 1.82. The zero-order chi connectivity index (χ0) is 15.0. The topological polar surface area (TPSA) is 20.3 Å². The van der Waals surface area contributed by atoms with Crippen LogP contribution in [0.2, 0.25) is 0 Å². The van der Waals surface area contributed by atoms with E-state index in [1.165, 1.54) is 12.1 Å². The Morgan fingerprint density at radius 1 is 1.05 bits per heavy atom. The van der Waals surface area contributed by atoms with Gasteiger partial charge in [-0.15, -0.1) is 0 Å². The fourth-order valence-corrected chi connectivity index (χ4v) is 2.56. The van der Waals surface area contributed by atoms with Crippen LogP contribution >= 0.6 is 0 Å². The van der Waals surface area contributed by atoms with Crippen LogP contribution < -0.4 is 4.90 Å². The van der Waals surface area contributed by atoms with Crippen molar-refractivity contribution in [1.29, 1.82) is 0 Å². The van der Waals surface area contributed by atoms with Gasteiger partial charge < -0.3 is 4.90 Å². The van der Waals surface area contributed by atoms with Gasteiger partial charge in [-0.1, -0.05) is 6.07 Å². The molecular formula is C16H12F3NO. The number of rotatable bonds is 3. The van der Waals surface area contributed by atoms with Gasteiger partial charge in [-0.05, 0) is 36.2 Å². The first-order valence-corrected chi connectivity index (χ1v) is 6.56. The molecule has 1 aliphatic heterocycles. The van der Waals surface area contributed by atoms with Crippen LogP contribution in [0.15, 0.2) is 36.4 Å². The molecule has 0 saturated heterocycles. The first kappa shape index (κ1) is 13.7. The average molecular weight is 291 g/mol. The Morgan fingerprint density at radius 2 is 1.76 bits per heavy atom. The minimum Gasteiger partial charge on any atom is -0.363 e. The number of fused-ring (bicyclic) bond motifs is 1. The molecule has 0 amide bonds. The molecule has 0 spiro atoms. The lowest BCUT2D eigenvalue weighted by atomic mass is 10.1. The van der Waals surface area contributed by atoms with E-state index in [9.17, 15) is 18.0 Å². The standard InChI is InChI=1S/C16H12F3NO/c17-11-3-4-13(14(19)7-11)16(21)9-20-6-5-10-1-2-12(18)8-15(10)20/h1-4,7-8H,5-6,9H2. The molecule has 0 radical (unpaired) electrons. The third-order valence-corrected chi connectivity index (χ3v) is 3.61. The van der Waals surface area contributed by atoms with Crippen LogP contribution in [0.1, 0.15) is 15.9 Å². The van der Waals surface area contributed by atoms with E-state index in [-0.39, 0.29) is 17.9 Å². The van der Waals surface area contributed by atoms with Gasteiger partial charge in [0, 0.05) is 18.3 Å². The predicted molar refractivity (Wildman–Crippen MR) is 73.0 cm³/mol. The molecule has 2 aromatic rings. The third-order valence-electron chi connectivity index (χ3n) is 3.61. The van der Waals surface area contributed by atoms with Gasteiger partial charge in [-0.3, -0.25) is 4.79 Å². The lowest BCUT2D eigenvalue weighted by Crippen LogP contribution is -2.28. The summed E-state index contributed by atoms with van der Waals surface area (Å²) in [6, 6.07) is 7.31. The number of carbonyl (C=O) groups is 1. The van der Waals surface area contributed by atoms with Crippen LogP contribution in [-0.4, -0.2) is 18.9 Å². The Kier molecular flexibility index (Phi) is 3.41. The molecular weight excluding hydrogens is 279 g/mol. The highest BCUT2D eigenvalue weighted by Gasteiger charge is 2.23. The summed E-state index contributed by atoms with van der Waals surface area (Å²) in [5, 5.41) is 0. The number of ketones is 1. The lowest BCUT2D eigenvalue weighted by Gasteiger charge is -2.18. The van der Waals surface area contributed by atoms with Gasteiger partial charge >= 0.3 is 0 Å². The van der Waals surface area contributed by atoms with Gasteiger partial charge in [-0.2, -0.15) is 0 Å². The SMILES string of the molecule is O=C(CN1CCc2ccc(F)cc21)c1ccc(F)cc1F. The van der Waals surface area contributed by atoms with E-state index in [1.54, 1.807) is 11.0 Å². The first-order chi connectivity index (χ1) is 10.0. The third kappa shape index (κ3) is 2.63. The van der Waals surface area contributed by atoms with Crippen molar-refractivity contribution in [3.63, 3.8) is 0 Å². The van der Waals surface area contributed by atoms with Gasteiger partial charge in [0.05, 0.1) is 12.1 Å². The van der Waals surface area contributed by atoms with E-state index in [1.807, 2.05) is 0 Å². The van der Waals surface area contributed by atoms with Crippen LogP contribution in [0.25, 0.3) is 0 Å². The summed E-state index contributed by atoms with van der Waals surface area (Å²) in [7, 11) is 0. The predicted octanol–water partition coefficient (Wildman–Crippen LogP) is 3.35. The summed E-state index contributed by atoms with van der Waals surface area (Å²) in [5.74, 6) is -2.43. The summed E-state index contributed by atoms with van der Waals surface area (Å²) < 4.78 is 39.7. The molecule has 0 fully saturated rings. The number of anilines is 1. The number of hydrogen-bond donors (Lipinski definition) is 0. The zero-order valence-corrected chi connectivity index (χ0v) is 11.1. The van der Waals surface area contributed by atoms with Gasteiger partial charge in [0.15, 0.2) is 5.78 Å². The Morgan fingerprint density at radius 3 is 2.52 bits per heavy atom. The molecule has 0 aliphatic carbocycles. The van der Waals surface area contributed by atoms with E-state index in [0.717, 1.165) is 24.1 Å². The Bertz CT molecular complexity index is 715. The van der Waals surface area contributed by atoms with Crippen LogP contribution in [0.3, 0.4) is 0 Å². The van der Waals surface area contributed by atoms with Crippen molar-refractivity contribution in [2.75, 3.05) is 18.0 Å². The molecule has 108 valence electrons. The van der Waals surface area contributed by atoms with Gasteiger partial charge in [0.1, 0.15) is 17.5 Å². The molecule has 0 bridgehead atoms. The summed E-state index contributed by atoms with van der Waals surface area (Å²) in [5.41, 5.74) is 1.47. The number of hydrogen-bond acceptors (Lipinski definition) is 2. The van der Waals surface area contributed by atoms with Crippen LogP contribution in [0.5, 0.6) is 0 Å². The molecule has 0 unspecified atom stereocenters. The van der Waals surface area contributed by atoms with Crippen molar-refractivity contribution in [1.82, 2.24) is 0 Å². The molecule has 2 aromatic carbocycles. The second-order valence-corrected chi connectivity index (χ2v) is 4.99. The molecule has 0 saturated carbocycles. The van der Waals surface area contributed by atoms with E-state index in [0.29, 0.717) is 18.3 Å². The second-order valence-electron chi connectivity index (χ2n) is 4.99. The van der Waals surface area contributed by atoms with Gasteiger partial charge in [0.2, 0.25) is 0 Å². The lowest BCUT2D eigenvalue weighted by molar-refractivity contribution is 0.0995. The van der Waals surface area contributed by atoms with Gasteiger partial charge in [-0.25, -0.2) is 13.2 Å². The number of nitrogens with zero attached hydrogens (tertiary/aromatic N) is 1. The maximum Gasteiger partial charge on any atom is 0.185 e. The van der Waals surface area contributed by atoms with Crippen molar-refractivity contribution in [3.8, 4) is 0 Å². The maximum atomic E-state index is 13.6. The van der Waals surface area contributed by atoms with E-state index < -0.39 is 17.4 Å². The van der Waals surface area contributed by atoms with Crippen molar-refractivity contribution >= 4 is 11.5 Å². The van der Waals surface area contributed by atoms with Crippen molar-refractivity contribution in [3.05, 3.63) is 65.0 Å². The number of Topliss-reactive ketones (excluding diaryl/α,β-unsaturated/α-hetero) is 1. The van der Waals surface area contributed by atoms with Crippen LogP contribution in [0, 0.1) is 17.5 Å². The van der Waals surface area contributed by atoms with Crippen molar-refractivity contribution in [2.24, 2.45) is 0 Å². The quantitative estimate of drug-likeness (QED) is 0.808. The molecule has 21 heavy (non-hydrogen) atoms. The Hall–Kier alpha value is -2.30. The van der Waals surface area contributed by atoms with Gasteiger partial charge in [0.25, 0.3) is 0 Å². The molecule has 0 atom stereocenters. The molecule has 1 heterocycles. The maximum absolute atomic E-state index is 13.6. The van der Waals surface area contributed by atoms with Crippen LogP contribution in [0.4, 0.5) is 18.9 Å². The highest BCUT2D eigenvalue weighted by atomic mass is 19.1. The largest absolute Gasteiger partial charge is 0.363 e.